The van der Waals surface area contributed by atoms with Gasteiger partial charge in [0.2, 0.25) is 5.91 Å². The average molecular weight is 770 g/mol. The minimum absolute atomic E-state index is 0.0625. The monoisotopic (exact) mass is 770 g/mol. The fourth-order valence-corrected chi connectivity index (χ4v) is 6.80. The zero-order valence-corrected chi connectivity index (χ0v) is 33.9. The Kier molecular flexibility index (Phi) is 30.2. The van der Waals surface area contributed by atoms with Crippen molar-refractivity contribution < 1.29 is 49.7 Å². The average Bonchev–Trinajstić information content (AvgIpc) is 3.15. The smallest absolute Gasteiger partial charge is 0.249 e. The van der Waals surface area contributed by atoms with Gasteiger partial charge in [0.25, 0.3) is 0 Å². The van der Waals surface area contributed by atoms with E-state index in [1.165, 1.54) is 96.0 Å². The third-order valence-electron chi connectivity index (χ3n) is 10.4. The summed E-state index contributed by atoms with van der Waals surface area (Å²) in [5.74, 6) is -0.619. The molecule has 1 fully saturated rings. The first-order chi connectivity index (χ1) is 26.0. The fraction of sp³-hybridized carbons (Fsp3) is 0.860. The van der Waals surface area contributed by atoms with Crippen LogP contribution in [0.2, 0.25) is 0 Å². The molecule has 1 aliphatic heterocycles. The zero-order chi connectivity index (χ0) is 40.0. The molecule has 1 heterocycles. The molecule has 7 N–H and O–H groups in total. The summed E-state index contributed by atoms with van der Waals surface area (Å²) in [6.45, 7) is 7.48. The largest absolute Gasteiger partial charge is 0.394 e. The molecule has 1 amide bonds. The van der Waals surface area contributed by atoms with Crippen molar-refractivity contribution in [1.82, 2.24) is 5.32 Å². The Morgan fingerprint density at radius 3 is 1.80 bits per heavy atom. The number of aliphatic hydroxyl groups is 6. The topological polar surface area (TPSA) is 186 Å². The van der Waals surface area contributed by atoms with E-state index < -0.39 is 61.5 Å². The molecule has 0 aliphatic carbocycles. The number of carbonyl (C=O) groups is 2. The summed E-state index contributed by atoms with van der Waals surface area (Å²) in [4.78, 5) is 25.5. The molecule has 1 rings (SSSR count). The number of aliphatic hydroxyl groups excluding tert-OH is 6. The van der Waals surface area contributed by atoms with Crippen LogP contribution >= 0.6 is 0 Å². The Morgan fingerprint density at radius 1 is 0.741 bits per heavy atom. The molecule has 0 aromatic carbocycles. The molecule has 54 heavy (non-hydrogen) atoms. The maximum Gasteiger partial charge on any atom is 0.249 e. The van der Waals surface area contributed by atoms with Crippen molar-refractivity contribution in [3.8, 4) is 0 Å². The van der Waals surface area contributed by atoms with Crippen LogP contribution in [0.4, 0.5) is 0 Å². The first-order valence-corrected chi connectivity index (χ1v) is 21.5. The second-order valence-electron chi connectivity index (χ2n) is 15.5. The van der Waals surface area contributed by atoms with Gasteiger partial charge in [-0.3, -0.25) is 9.59 Å². The van der Waals surface area contributed by atoms with Crippen LogP contribution in [0.15, 0.2) is 24.3 Å². The summed E-state index contributed by atoms with van der Waals surface area (Å²) in [7, 11) is 0. The molecule has 1 aliphatic rings. The lowest BCUT2D eigenvalue weighted by molar-refractivity contribution is -0.302. The number of hydrogen-bond acceptors (Lipinski definition) is 10. The van der Waals surface area contributed by atoms with Gasteiger partial charge in [0, 0.05) is 12.8 Å². The standard InChI is InChI=1S/C43H79NO10/c1-4-6-8-10-12-13-14-15-16-17-18-19-21-23-29-37(48)42(52)44-35(32-53-43-41(51)40(50)39(49)38(31-45)54-43)36(47)28-25-24-27-34(46)30-33(3)26-22-20-11-9-7-5-2/h25,28,35-41,43,45,47-51H,3-24,26-27,29-32H2,1-2H3,(H,44,52)/b28-25+/t35?,36?,37?,38-,39-,40+,41-,43-/m1/s1. The zero-order valence-electron chi connectivity index (χ0n) is 33.9. The van der Waals surface area contributed by atoms with Crippen molar-refractivity contribution in [1.29, 1.82) is 0 Å². The van der Waals surface area contributed by atoms with Crippen LogP contribution in [0.5, 0.6) is 0 Å². The van der Waals surface area contributed by atoms with Crippen molar-refractivity contribution in [3.63, 3.8) is 0 Å². The molecule has 0 radical (unpaired) electrons. The molecule has 0 spiro atoms. The van der Waals surface area contributed by atoms with Gasteiger partial charge in [-0.2, -0.15) is 0 Å². The van der Waals surface area contributed by atoms with E-state index in [1.54, 1.807) is 6.08 Å². The maximum absolute atomic E-state index is 13.0. The second-order valence-corrected chi connectivity index (χ2v) is 15.5. The van der Waals surface area contributed by atoms with Gasteiger partial charge in [0.15, 0.2) is 6.29 Å². The van der Waals surface area contributed by atoms with Gasteiger partial charge in [-0.1, -0.05) is 160 Å². The predicted octanol–water partition coefficient (Wildman–Crippen LogP) is 6.48. The van der Waals surface area contributed by atoms with Crippen LogP contribution in [0.3, 0.4) is 0 Å². The molecule has 11 heteroatoms. The number of allylic oxidation sites excluding steroid dienone is 2. The van der Waals surface area contributed by atoms with E-state index in [4.69, 9.17) is 9.47 Å². The van der Waals surface area contributed by atoms with Crippen LogP contribution in [0.1, 0.15) is 174 Å². The number of unbranched alkanes of at least 4 members (excludes halogenated alkanes) is 18. The van der Waals surface area contributed by atoms with E-state index >= 15 is 0 Å². The Bertz CT molecular complexity index is 991. The first kappa shape index (κ1) is 50.3. The van der Waals surface area contributed by atoms with E-state index in [9.17, 15) is 40.2 Å². The minimum Gasteiger partial charge on any atom is -0.394 e. The molecular formula is C43H79NO10. The van der Waals surface area contributed by atoms with Crippen LogP contribution < -0.4 is 5.32 Å². The van der Waals surface area contributed by atoms with Gasteiger partial charge in [-0.25, -0.2) is 0 Å². The van der Waals surface area contributed by atoms with Crippen molar-refractivity contribution in [2.75, 3.05) is 13.2 Å². The van der Waals surface area contributed by atoms with Gasteiger partial charge in [-0.05, 0) is 25.7 Å². The molecule has 3 unspecified atom stereocenters. The van der Waals surface area contributed by atoms with Gasteiger partial charge in [-0.15, -0.1) is 0 Å². The lowest BCUT2D eigenvalue weighted by atomic mass is 9.99. The summed E-state index contributed by atoms with van der Waals surface area (Å²) in [5.41, 5.74) is 0.931. The van der Waals surface area contributed by atoms with Crippen LogP contribution in [-0.2, 0) is 19.1 Å². The van der Waals surface area contributed by atoms with Crippen LogP contribution in [-0.4, -0.2) is 104 Å². The highest BCUT2D eigenvalue weighted by Gasteiger charge is 2.44. The minimum atomic E-state index is -1.65. The maximum atomic E-state index is 13.0. The molecule has 0 bridgehead atoms. The lowest BCUT2D eigenvalue weighted by Crippen LogP contribution is -2.60. The Morgan fingerprint density at radius 2 is 1.26 bits per heavy atom. The molecule has 1 saturated heterocycles. The quantitative estimate of drug-likeness (QED) is 0.0278. The van der Waals surface area contributed by atoms with E-state index in [2.05, 4.69) is 25.7 Å². The van der Waals surface area contributed by atoms with E-state index in [1.807, 2.05) is 0 Å². The summed E-state index contributed by atoms with van der Waals surface area (Å²) in [5, 5.41) is 64.4. The van der Waals surface area contributed by atoms with Gasteiger partial charge >= 0.3 is 0 Å². The highest BCUT2D eigenvalue weighted by atomic mass is 16.7. The number of nitrogens with one attached hydrogen (secondary N) is 1. The molecule has 0 aromatic heterocycles. The third kappa shape index (κ3) is 23.4. The summed E-state index contributed by atoms with van der Waals surface area (Å²) < 4.78 is 11.0. The summed E-state index contributed by atoms with van der Waals surface area (Å²) in [6, 6.07) is -1.08. The predicted molar refractivity (Wildman–Crippen MR) is 214 cm³/mol. The third-order valence-corrected chi connectivity index (χ3v) is 10.4. The number of Topliss-reactive ketones (excluding diaryl/α,β-unsaturated/α-hetero) is 1. The number of ketones is 1. The number of hydrogen-bond donors (Lipinski definition) is 7. The molecule has 0 saturated carbocycles. The van der Waals surface area contributed by atoms with Crippen molar-refractivity contribution >= 4 is 11.7 Å². The molecule has 316 valence electrons. The number of carbonyl (C=O) groups excluding carboxylic acids is 2. The number of rotatable bonds is 35. The Hall–Kier alpha value is -1.70. The van der Waals surface area contributed by atoms with E-state index in [0.717, 1.165) is 44.1 Å². The summed E-state index contributed by atoms with van der Waals surface area (Å²) >= 11 is 0. The Labute approximate surface area is 327 Å². The van der Waals surface area contributed by atoms with Crippen molar-refractivity contribution in [2.24, 2.45) is 0 Å². The first-order valence-electron chi connectivity index (χ1n) is 21.5. The lowest BCUT2D eigenvalue weighted by Gasteiger charge is -2.40. The highest BCUT2D eigenvalue weighted by Crippen LogP contribution is 2.23. The van der Waals surface area contributed by atoms with Gasteiger partial charge in [0.05, 0.1) is 25.4 Å². The normalized spacial score (nSPS) is 22.0. The van der Waals surface area contributed by atoms with E-state index in [-0.39, 0.29) is 25.2 Å². The highest BCUT2D eigenvalue weighted by molar-refractivity contribution is 5.81. The molecule has 8 atom stereocenters. The van der Waals surface area contributed by atoms with Crippen molar-refractivity contribution in [2.45, 2.75) is 223 Å². The van der Waals surface area contributed by atoms with Gasteiger partial charge in [0.1, 0.15) is 36.3 Å². The molecule has 11 nitrogen and oxygen atoms in total. The van der Waals surface area contributed by atoms with Crippen LogP contribution in [0.25, 0.3) is 0 Å². The van der Waals surface area contributed by atoms with Gasteiger partial charge < -0.3 is 45.4 Å². The van der Waals surface area contributed by atoms with Crippen LogP contribution in [0, 0.1) is 0 Å². The SMILES string of the molecule is C=C(CCCCCCCC)CC(=O)CC/C=C/C(O)C(CO[C@@H]1O[C@H](CO)[C@@H](O)[C@H](O)[C@H]1O)NC(=O)C(O)CCCCCCCCCCCCCCCC. The second kappa shape index (κ2) is 32.4. The summed E-state index contributed by atoms with van der Waals surface area (Å²) in [6.07, 6.45) is 19.0. The fourth-order valence-electron chi connectivity index (χ4n) is 6.80. The number of amides is 1. The Balaban J connectivity index is 2.56. The van der Waals surface area contributed by atoms with E-state index in [0.29, 0.717) is 19.3 Å². The molecular weight excluding hydrogens is 690 g/mol. The van der Waals surface area contributed by atoms with Crippen molar-refractivity contribution in [3.05, 3.63) is 24.3 Å². The molecule has 0 aromatic rings. The number of ether oxygens (including phenoxy) is 2.